The van der Waals surface area contributed by atoms with Gasteiger partial charge in [0.2, 0.25) is 11.8 Å². The Balaban J connectivity index is 2.19. The molecule has 1 aromatic carbocycles. The van der Waals surface area contributed by atoms with Crippen LogP contribution in [0.5, 0.6) is 0 Å². The molecule has 1 aromatic rings. The number of hydrogen-bond donors (Lipinski definition) is 3. The van der Waals surface area contributed by atoms with Crippen LogP contribution in [-0.2, 0) is 28.7 Å². The minimum Gasteiger partial charge on any atom is -0.388 e. The van der Waals surface area contributed by atoms with Crippen molar-refractivity contribution in [2.75, 3.05) is 27.8 Å². The van der Waals surface area contributed by atoms with Gasteiger partial charge in [0, 0.05) is 45.4 Å². The number of hydrogen-bond acceptors (Lipinski definition) is 8. The standard InChI is InChI=1S/C40H67N3O7/c1-12-26(6)37(42-40(48)30(24(2)3)22-33(45)36(41-9)25(4)5)34(49-10)23-35(46)43-20-16-19-31(43)39(50-11)28(8)32(44)21-27(7)38(47)29-17-14-13-15-18-29/h13-15,17-18,24-28,30-31,34,36-39,41,47H,12,16,19-23H2,1-11H3,(H,42,48)/t26-,27-,28-,30-,31-,34+,36-,37-,38+,39+/m0/s1. The summed E-state index contributed by atoms with van der Waals surface area (Å²) in [5.74, 6) is -1.55. The quantitative estimate of drug-likeness (QED) is 0.147. The number of amides is 2. The van der Waals surface area contributed by atoms with Crippen LogP contribution in [0.25, 0.3) is 0 Å². The first kappa shape index (κ1) is 43.5. The zero-order valence-electron chi connectivity index (χ0n) is 32.6. The molecule has 1 fully saturated rings. The first-order valence-electron chi connectivity index (χ1n) is 18.7. The Labute approximate surface area is 301 Å². The molecule has 10 nitrogen and oxygen atoms in total. The molecule has 2 amide bonds. The summed E-state index contributed by atoms with van der Waals surface area (Å²) in [7, 11) is 4.91. The number of ether oxygens (including phenoxy) is 2. The number of likely N-dealkylation sites (N-methyl/N-ethyl adjacent to an activating group) is 1. The van der Waals surface area contributed by atoms with E-state index < -0.39 is 36.2 Å². The summed E-state index contributed by atoms with van der Waals surface area (Å²) in [6.45, 7) is 16.2. The lowest BCUT2D eigenvalue weighted by atomic mass is 9.84. The summed E-state index contributed by atoms with van der Waals surface area (Å²) in [4.78, 5) is 56.4. The molecule has 1 saturated heterocycles. The van der Waals surface area contributed by atoms with Gasteiger partial charge in [0.25, 0.3) is 0 Å². The summed E-state index contributed by atoms with van der Waals surface area (Å²) >= 11 is 0. The van der Waals surface area contributed by atoms with E-state index in [0.717, 1.165) is 18.4 Å². The third kappa shape index (κ3) is 11.7. The number of nitrogens with zero attached hydrogens (tertiary/aromatic N) is 1. The third-order valence-corrected chi connectivity index (χ3v) is 11.0. The van der Waals surface area contributed by atoms with Gasteiger partial charge in [0.15, 0.2) is 5.78 Å². The fourth-order valence-electron chi connectivity index (χ4n) is 7.53. The van der Waals surface area contributed by atoms with Gasteiger partial charge in [0.05, 0.1) is 42.9 Å². The van der Waals surface area contributed by atoms with Crippen LogP contribution in [0.3, 0.4) is 0 Å². The second-order valence-electron chi connectivity index (χ2n) is 15.2. The van der Waals surface area contributed by atoms with Gasteiger partial charge in [-0.2, -0.15) is 0 Å². The van der Waals surface area contributed by atoms with Crippen molar-refractivity contribution in [1.29, 1.82) is 0 Å². The Hall–Kier alpha value is -2.66. The zero-order valence-corrected chi connectivity index (χ0v) is 32.6. The lowest BCUT2D eigenvalue weighted by Gasteiger charge is -2.37. The lowest BCUT2D eigenvalue weighted by molar-refractivity contribution is -0.143. The van der Waals surface area contributed by atoms with E-state index in [1.165, 1.54) is 0 Å². The normalized spacial score (nSPS) is 20.4. The molecule has 10 atom stereocenters. The average molecular weight is 702 g/mol. The van der Waals surface area contributed by atoms with E-state index in [0.29, 0.717) is 13.0 Å². The summed E-state index contributed by atoms with van der Waals surface area (Å²) in [6, 6.07) is 8.29. The van der Waals surface area contributed by atoms with Crippen molar-refractivity contribution in [3.05, 3.63) is 35.9 Å². The molecular weight excluding hydrogens is 634 g/mol. The van der Waals surface area contributed by atoms with Crippen LogP contribution < -0.4 is 10.6 Å². The van der Waals surface area contributed by atoms with E-state index in [9.17, 15) is 24.3 Å². The van der Waals surface area contributed by atoms with Gasteiger partial charge in [-0.15, -0.1) is 0 Å². The molecule has 0 saturated carbocycles. The molecule has 50 heavy (non-hydrogen) atoms. The second-order valence-corrected chi connectivity index (χ2v) is 15.2. The van der Waals surface area contributed by atoms with Gasteiger partial charge in [0.1, 0.15) is 5.78 Å². The van der Waals surface area contributed by atoms with Crippen molar-refractivity contribution in [1.82, 2.24) is 15.5 Å². The summed E-state index contributed by atoms with van der Waals surface area (Å²) in [5, 5.41) is 17.2. The highest BCUT2D eigenvalue weighted by Gasteiger charge is 2.42. The molecule has 0 radical (unpaired) electrons. The number of ketones is 2. The molecule has 3 N–H and O–H groups in total. The first-order valence-corrected chi connectivity index (χ1v) is 18.7. The van der Waals surface area contributed by atoms with Gasteiger partial charge in [-0.25, -0.2) is 0 Å². The Morgan fingerprint density at radius 2 is 1.52 bits per heavy atom. The maximum atomic E-state index is 14.0. The van der Waals surface area contributed by atoms with E-state index in [1.807, 2.05) is 90.6 Å². The van der Waals surface area contributed by atoms with Crippen LogP contribution in [0, 0.1) is 35.5 Å². The van der Waals surface area contributed by atoms with E-state index >= 15 is 0 Å². The molecule has 284 valence electrons. The molecule has 1 heterocycles. The number of likely N-dealkylation sites (tertiary alicyclic amines) is 1. The zero-order chi connectivity index (χ0) is 37.7. The minimum absolute atomic E-state index is 0.00732. The van der Waals surface area contributed by atoms with Crippen LogP contribution >= 0.6 is 0 Å². The van der Waals surface area contributed by atoms with Gasteiger partial charge in [-0.1, -0.05) is 92.1 Å². The molecule has 0 aromatic heterocycles. The monoisotopic (exact) mass is 701 g/mol. The number of methoxy groups -OCH3 is 2. The van der Waals surface area contributed by atoms with E-state index in [1.54, 1.807) is 21.3 Å². The Morgan fingerprint density at radius 1 is 0.880 bits per heavy atom. The molecule has 10 heteroatoms. The molecular formula is C40H67N3O7. The highest BCUT2D eigenvalue weighted by atomic mass is 16.5. The van der Waals surface area contributed by atoms with Crippen LogP contribution in [0.2, 0.25) is 0 Å². The van der Waals surface area contributed by atoms with Crippen molar-refractivity contribution < 1.29 is 33.8 Å². The number of aliphatic hydroxyl groups is 1. The van der Waals surface area contributed by atoms with Gasteiger partial charge >= 0.3 is 0 Å². The number of carbonyl (C=O) groups is 4. The number of nitrogens with one attached hydrogen (secondary N) is 2. The van der Waals surface area contributed by atoms with Crippen molar-refractivity contribution in [2.45, 2.75) is 130 Å². The number of benzene rings is 1. The predicted octanol–water partition coefficient (Wildman–Crippen LogP) is 5.37. The van der Waals surface area contributed by atoms with Crippen molar-refractivity contribution in [3.63, 3.8) is 0 Å². The summed E-state index contributed by atoms with van der Waals surface area (Å²) < 4.78 is 11.9. The molecule has 1 aliphatic rings. The fourth-order valence-corrected chi connectivity index (χ4v) is 7.53. The highest BCUT2D eigenvalue weighted by Crippen LogP contribution is 2.31. The molecule has 0 aliphatic carbocycles. The van der Waals surface area contributed by atoms with Crippen molar-refractivity contribution in [3.8, 4) is 0 Å². The Bertz CT molecular complexity index is 1210. The maximum Gasteiger partial charge on any atom is 0.225 e. The van der Waals surface area contributed by atoms with Gasteiger partial charge < -0.3 is 30.1 Å². The molecule has 0 spiro atoms. The van der Waals surface area contributed by atoms with Crippen LogP contribution in [0.1, 0.15) is 106 Å². The summed E-state index contributed by atoms with van der Waals surface area (Å²) in [6.07, 6.45) is 0.783. The van der Waals surface area contributed by atoms with E-state index in [4.69, 9.17) is 9.47 Å². The molecule has 1 aliphatic heterocycles. The number of Topliss-reactive ketones (excluding diaryl/α,β-unsaturated/α-hetero) is 2. The van der Waals surface area contributed by atoms with E-state index in [2.05, 4.69) is 10.6 Å². The van der Waals surface area contributed by atoms with Crippen molar-refractivity contribution >= 4 is 23.4 Å². The van der Waals surface area contributed by atoms with Crippen LogP contribution in [-0.4, -0.2) is 91.5 Å². The molecule has 2 rings (SSSR count). The topological polar surface area (TPSA) is 134 Å². The van der Waals surface area contributed by atoms with E-state index in [-0.39, 0.29) is 78.4 Å². The third-order valence-electron chi connectivity index (χ3n) is 11.0. The van der Waals surface area contributed by atoms with Gasteiger partial charge in [-0.3, -0.25) is 19.2 Å². The van der Waals surface area contributed by atoms with Crippen LogP contribution in [0.15, 0.2) is 30.3 Å². The Kier molecular flexibility index (Phi) is 18.3. The minimum atomic E-state index is -0.760. The SMILES string of the molecule is CC[C@H](C)[C@H](NC(=O)[C@@H](CC(=O)[C@@H](NC)C(C)C)C(C)C)[C@@H](CC(=O)N1CCC[C@H]1[C@H](OC)[C@@H](C)C(=O)C[C@H](C)[C@@H](O)c1ccccc1)OC. The second kappa shape index (κ2) is 21.0. The summed E-state index contributed by atoms with van der Waals surface area (Å²) in [5.41, 5.74) is 0.776. The predicted molar refractivity (Wildman–Crippen MR) is 197 cm³/mol. The van der Waals surface area contributed by atoms with Crippen molar-refractivity contribution in [2.24, 2.45) is 35.5 Å². The van der Waals surface area contributed by atoms with Gasteiger partial charge in [-0.05, 0) is 49.1 Å². The maximum absolute atomic E-state index is 14.0. The largest absolute Gasteiger partial charge is 0.388 e. The average Bonchev–Trinajstić information content (AvgIpc) is 3.58. The number of aliphatic hydroxyl groups excluding tert-OH is 1. The molecule has 0 bridgehead atoms. The highest BCUT2D eigenvalue weighted by molar-refractivity contribution is 5.90. The van der Waals surface area contributed by atoms with Crippen LogP contribution in [0.4, 0.5) is 0 Å². The molecule has 0 unspecified atom stereocenters. The lowest BCUT2D eigenvalue weighted by Crippen LogP contribution is -2.53. The smallest absolute Gasteiger partial charge is 0.225 e. The number of carbonyl (C=O) groups excluding carboxylic acids is 4. The Morgan fingerprint density at radius 3 is 2.04 bits per heavy atom. The first-order chi connectivity index (χ1) is 23.6. The number of rotatable bonds is 22. The fraction of sp³-hybridized carbons (Fsp3) is 0.750.